The molecule has 0 atom stereocenters. The summed E-state index contributed by atoms with van der Waals surface area (Å²) in [5, 5.41) is 3.22. The Hall–Kier alpha value is -1.72. The highest BCUT2D eigenvalue weighted by Gasteiger charge is 2.12. The lowest BCUT2D eigenvalue weighted by molar-refractivity contribution is 0.102. The van der Waals surface area contributed by atoms with E-state index in [1.165, 1.54) is 0 Å². The molecule has 2 aromatic carbocycles. The zero-order valence-electron chi connectivity index (χ0n) is 11.3. The number of ether oxygens (including phenoxy) is 1. The fraction of sp³-hybridized carbons (Fsp3) is 0.133. The van der Waals surface area contributed by atoms with Crippen molar-refractivity contribution >= 4 is 44.8 Å². The van der Waals surface area contributed by atoms with Gasteiger partial charge in [0.05, 0.1) is 21.7 Å². The molecular weight excluding hydrogens is 356 g/mol. The Labute approximate surface area is 136 Å². The van der Waals surface area contributed by atoms with E-state index in [0.717, 1.165) is 0 Å². The van der Waals surface area contributed by atoms with E-state index in [4.69, 9.17) is 22.1 Å². The average molecular weight is 370 g/mol. The summed E-state index contributed by atoms with van der Waals surface area (Å²) in [6.45, 7) is 2.41. The lowest BCUT2D eigenvalue weighted by atomic mass is 10.2. The molecule has 0 saturated carbocycles. The quantitative estimate of drug-likeness (QED) is 0.788. The van der Waals surface area contributed by atoms with Gasteiger partial charge in [-0.25, -0.2) is 0 Å². The van der Waals surface area contributed by atoms with Crippen LogP contribution in [0.5, 0.6) is 5.75 Å². The van der Waals surface area contributed by atoms with Crippen LogP contribution in [0.25, 0.3) is 0 Å². The molecule has 3 N–H and O–H groups in total. The van der Waals surface area contributed by atoms with Crippen LogP contribution in [0.4, 0.5) is 11.4 Å². The summed E-state index contributed by atoms with van der Waals surface area (Å²) in [6.07, 6.45) is 0. The van der Waals surface area contributed by atoms with Gasteiger partial charge in [0.2, 0.25) is 0 Å². The molecule has 0 bridgehead atoms. The predicted molar refractivity (Wildman–Crippen MR) is 89.1 cm³/mol. The molecule has 21 heavy (non-hydrogen) atoms. The van der Waals surface area contributed by atoms with E-state index in [2.05, 4.69) is 21.2 Å². The molecule has 0 aliphatic rings. The zero-order chi connectivity index (χ0) is 15.4. The number of carbonyl (C=O) groups excluding carboxylic acids is 1. The molecule has 0 spiro atoms. The van der Waals surface area contributed by atoms with Crippen molar-refractivity contribution in [2.24, 2.45) is 0 Å². The number of nitrogen functional groups attached to an aromatic ring is 1. The number of halogens is 2. The topological polar surface area (TPSA) is 64.3 Å². The molecule has 1 amide bonds. The van der Waals surface area contributed by atoms with E-state index in [-0.39, 0.29) is 5.91 Å². The molecule has 2 aromatic rings. The second kappa shape index (κ2) is 6.83. The fourth-order valence-electron chi connectivity index (χ4n) is 1.77. The van der Waals surface area contributed by atoms with E-state index in [0.29, 0.717) is 38.8 Å². The maximum atomic E-state index is 12.2. The van der Waals surface area contributed by atoms with Crippen molar-refractivity contribution in [3.05, 3.63) is 51.5 Å². The van der Waals surface area contributed by atoms with Gasteiger partial charge in [-0.3, -0.25) is 4.79 Å². The van der Waals surface area contributed by atoms with Crippen molar-refractivity contribution in [3.63, 3.8) is 0 Å². The van der Waals surface area contributed by atoms with Crippen molar-refractivity contribution < 1.29 is 9.53 Å². The first-order valence-corrected chi connectivity index (χ1v) is 7.47. The molecule has 0 aliphatic carbocycles. The number of anilines is 2. The summed E-state index contributed by atoms with van der Waals surface area (Å²) >= 11 is 9.40. The summed E-state index contributed by atoms with van der Waals surface area (Å²) < 4.78 is 5.92. The molecule has 0 fully saturated rings. The number of hydrogen-bond acceptors (Lipinski definition) is 3. The predicted octanol–water partition coefficient (Wildman–Crippen LogP) is 4.34. The van der Waals surface area contributed by atoms with Crippen LogP contribution in [0.3, 0.4) is 0 Å². The lowest BCUT2D eigenvalue weighted by Gasteiger charge is -2.10. The highest BCUT2D eigenvalue weighted by Crippen LogP contribution is 2.29. The summed E-state index contributed by atoms with van der Waals surface area (Å²) in [7, 11) is 0. The summed E-state index contributed by atoms with van der Waals surface area (Å²) in [4.78, 5) is 12.2. The minimum absolute atomic E-state index is 0.269. The normalized spacial score (nSPS) is 10.2. The maximum absolute atomic E-state index is 12.2. The van der Waals surface area contributed by atoms with Gasteiger partial charge in [-0.05, 0) is 53.2 Å². The molecular formula is C15H14BrClN2O2. The Kier molecular flexibility index (Phi) is 5.09. The third-order valence-corrected chi connectivity index (χ3v) is 3.94. The molecule has 0 heterocycles. The Morgan fingerprint density at radius 3 is 2.81 bits per heavy atom. The molecule has 2 rings (SSSR count). The van der Waals surface area contributed by atoms with E-state index in [9.17, 15) is 4.79 Å². The summed E-state index contributed by atoms with van der Waals surface area (Å²) in [6, 6.07) is 10.2. The van der Waals surface area contributed by atoms with Crippen molar-refractivity contribution in [3.8, 4) is 5.75 Å². The van der Waals surface area contributed by atoms with Crippen LogP contribution >= 0.6 is 27.5 Å². The summed E-state index contributed by atoms with van der Waals surface area (Å²) in [5.74, 6) is 0.316. The average Bonchev–Trinajstić information content (AvgIpc) is 2.45. The minimum Gasteiger partial charge on any atom is -0.492 e. The number of amides is 1. The van der Waals surface area contributed by atoms with E-state index in [1.54, 1.807) is 36.4 Å². The molecule has 0 radical (unpaired) electrons. The van der Waals surface area contributed by atoms with Crippen LogP contribution in [0.2, 0.25) is 5.02 Å². The van der Waals surface area contributed by atoms with Gasteiger partial charge >= 0.3 is 0 Å². The van der Waals surface area contributed by atoms with Crippen molar-refractivity contribution in [1.29, 1.82) is 0 Å². The van der Waals surface area contributed by atoms with Crippen LogP contribution in [0, 0.1) is 0 Å². The standard InChI is InChI=1S/C15H14BrClN2O2/c1-2-21-13-7-6-9(8-11(13)17)19-15(20)10-4-3-5-12(18)14(10)16/h3-8H,2,18H2,1H3,(H,19,20). The SMILES string of the molecule is CCOc1ccc(NC(=O)c2cccc(N)c2Br)cc1Cl. The van der Waals surface area contributed by atoms with Crippen molar-refractivity contribution in [1.82, 2.24) is 0 Å². The van der Waals surface area contributed by atoms with Crippen molar-refractivity contribution in [2.45, 2.75) is 6.92 Å². The smallest absolute Gasteiger partial charge is 0.256 e. The Bertz CT molecular complexity index is 677. The summed E-state index contributed by atoms with van der Waals surface area (Å²) in [5.41, 5.74) is 7.32. The first-order valence-electron chi connectivity index (χ1n) is 6.30. The number of nitrogens with one attached hydrogen (secondary N) is 1. The monoisotopic (exact) mass is 368 g/mol. The van der Waals surface area contributed by atoms with E-state index < -0.39 is 0 Å². The van der Waals surface area contributed by atoms with Crippen molar-refractivity contribution in [2.75, 3.05) is 17.7 Å². The third kappa shape index (κ3) is 3.68. The second-order valence-electron chi connectivity index (χ2n) is 4.24. The number of benzene rings is 2. The molecule has 6 heteroatoms. The molecule has 0 aromatic heterocycles. The van der Waals surface area contributed by atoms with Gasteiger partial charge in [-0.15, -0.1) is 0 Å². The first kappa shape index (κ1) is 15.7. The molecule has 4 nitrogen and oxygen atoms in total. The van der Waals surface area contributed by atoms with Gasteiger partial charge in [0.15, 0.2) is 0 Å². The van der Waals surface area contributed by atoms with E-state index >= 15 is 0 Å². The number of rotatable bonds is 4. The van der Waals surface area contributed by atoms with Crippen LogP contribution in [-0.4, -0.2) is 12.5 Å². The minimum atomic E-state index is -0.269. The third-order valence-electron chi connectivity index (χ3n) is 2.76. The Balaban J connectivity index is 2.20. The van der Waals surface area contributed by atoms with Gasteiger partial charge in [-0.1, -0.05) is 17.7 Å². The molecule has 0 aliphatic heterocycles. The highest BCUT2D eigenvalue weighted by molar-refractivity contribution is 9.10. The van der Waals surface area contributed by atoms with Gasteiger partial charge in [0.25, 0.3) is 5.91 Å². The molecule has 0 unspecified atom stereocenters. The van der Waals surface area contributed by atoms with Crippen LogP contribution < -0.4 is 15.8 Å². The highest BCUT2D eigenvalue weighted by atomic mass is 79.9. The van der Waals surface area contributed by atoms with Gasteiger partial charge < -0.3 is 15.8 Å². The fourth-order valence-corrected chi connectivity index (χ4v) is 2.45. The van der Waals surface area contributed by atoms with Gasteiger partial charge in [-0.2, -0.15) is 0 Å². The second-order valence-corrected chi connectivity index (χ2v) is 5.44. The molecule has 0 saturated heterocycles. The Morgan fingerprint density at radius 2 is 2.14 bits per heavy atom. The van der Waals surface area contributed by atoms with E-state index in [1.807, 2.05) is 6.92 Å². The Morgan fingerprint density at radius 1 is 1.38 bits per heavy atom. The lowest BCUT2D eigenvalue weighted by Crippen LogP contribution is -2.13. The van der Waals surface area contributed by atoms with Crippen LogP contribution in [0.15, 0.2) is 40.9 Å². The zero-order valence-corrected chi connectivity index (χ0v) is 13.7. The number of hydrogen-bond donors (Lipinski definition) is 2. The molecule has 110 valence electrons. The van der Waals surface area contributed by atoms with Crippen LogP contribution in [0.1, 0.15) is 17.3 Å². The maximum Gasteiger partial charge on any atom is 0.256 e. The van der Waals surface area contributed by atoms with Crippen LogP contribution in [-0.2, 0) is 0 Å². The first-order chi connectivity index (χ1) is 10.0. The van der Waals surface area contributed by atoms with Gasteiger partial charge in [0.1, 0.15) is 5.75 Å². The number of carbonyl (C=O) groups is 1. The largest absolute Gasteiger partial charge is 0.492 e. The number of nitrogens with two attached hydrogens (primary N) is 1. The van der Waals surface area contributed by atoms with Gasteiger partial charge in [0, 0.05) is 11.4 Å².